The first-order valence-electron chi connectivity index (χ1n) is 23.3. The molecule has 0 spiro atoms. The summed E-state index contributed by atoms with van der Waals surface area (Å²) in [5.41, 5.74) is 2.82. The fraction of sp³-hybridized carbons (Fsp3) is 0.566. The van der Waals surface area contributed by atoms with Crippen molar-refractivity contribution in [2.45, 2.75) is 170 Å². The monoisotopic (exact) mass is 943 g/mol. The van der Waals surface area contributed by atoms with E-state index in [1.165, 1.54) is 0 Å². The Morgan fingerprint density at radius 1 is 0.877 bits per heavy atom. The van der Waals surface area contributed by atoms with Gasteiger partial charge in [-0.3, -0.25) is 14.4 Å². The number of hydrogen-bond acceptors (Lipinski definition) is 10. The van der Waals surface area contributed by atoms with Gasteiger partial charge in [-0.15, -0.1) is 11.3 Å². The summed E-state index contributed by atoms with van der Waals surface area (Å²) in [7, 11) is -4.87. The van der Waals surface area contributed by atoms with Gasteiger partial charge in [-0.05, 0) is 105 Å². The van der Waals surface area contributed by atoms with Gasteiger partial charge >= 0.3 is 11.9 Å². The van der Waals surface area contributed by atoms with Gasteiger partial charge in [-0.25, -0.2) is 9.78 Å². The Labute approximate surface area is 396 Å². The third-order valence-corrected chi connectivity index (χ3v) is 23.9. The maximum Gasteiger partial charge on any atom is 0.338 e. The number of thiazole rings is 1. The third-order valence-electron chi connectivity index (χ3n) is 14.1. The highest BCUT2D eigenvalue weighted by atomic mass is 32.1. The number of esters is 2. The molecule has 3 aromatic rings. The summed E-state index contributed by atoms with van der Waals surface area (Å²) < 4.78 is 26.7. The van der Waals surface area contributed by atoms with Crippen LogP contribution in [0.15, 0.2) is 77.2 Å². The minimum atomic E-state index is -2.51. The van der Waals surface area contributed by atoms with Crippen molar-refractivity contribution in [1.82, 2.24) is 4.98 Å². The second-order valence-electron chi connectivity index (χ2n) is 21.8. The quantitative estimate of drug-likeness (QED) is 0.0801. The van der Waals surface area contributed by atoms with Crippen molar-refractivity contribution in [3.63, 3.8) is 0 Å². The molecule has 2 heterocycles. The number of aromatic nitrogens is 1. The summed E-state index contributed by atoms with van der Waals surface area (Å²) in [6.07, 6.45) is 4.56. The van der Waals surface area contributed by atoms with Crippen molar-refractivity contribution in [3.8, 4) is 0 Å². The molecular weight excluding hydrogens is 867 g/mol. The summed E-state index contributed by atoms with van der Waals surface area (Å²) in [5, 5.41) is 2.64. The number of cyclic esters (lactones) is 1. The lowest BCUT2D eigenvalue weighted by atomic mass is 9.73. The minimum absolute atomic E-state index is 0.00755. The molecule has 0 saturated heterocycles. The Kier molecular flexibility index (Phi) is 18.1. The van der Waals surface area contributed by atoms with Crippen LogP contribution in [-0.2, 0) is 27.9 Å². The van der Waals surface area contributed by atoms with Crippen LogP contribution < -0.4 is 0 Å². The van der Waals surface area contributed by atoms with Gasteiger partial charge in [0, 0.05) is 34.3 Å². The number of carbonyl (C=O) groups excluding carboxylic acids is 4. The van der Waals surface area contributed by atoms with Crippen LogP contribution in [0.2, 0.25) is 36.3 Å². The lowest BCUT2D eigenvalue weighted by molar-refractivity contribution is -0.153. The normalized spacial score (nSPS) is 23.3. The zero-order valence-electron chi connectivity index (χ0n) is 42.2. The molecule has 0 amide bonds. The molecule has 4 rings (SSSR count). The third kappa shape index (κ3) is 14.3. The first-order chi connectivity index (χ1) is 30.0. The van der Waals surface area contributed by atoms with Gasteiger partial charge in [0.25, 0.3) is 0 Å². The van der Waals surface area contributed by atoms with Gasteiger partial charge in [0.2, 0.25) is 0 Å². The Hall–Kier alpha value is -3.82. The summed E-state index contributed by atoms with van der Waals surface area (Å²) in [5.74, 6) is -1.56. The van der Waals surface area contributed by atoms with E-state index in [1.54, 1.807) is 47.7 Å². The zero-order valence-corrected chi connectivity index (χ0v) is 45.0. The second-order valence-corrected chi connectivity index (χ2v) is 32.3. The summed E-state index contributed by atoms with van der Waals surface area (Å²) in [4.78, 5) is 60.8. The molecule has 9 nitrogen and oxygen atoms in total. The number of Topliss-reactive ketones (excluding diaryl/α,β-unsaturated/α-hetero) is 1. The largest absolute Gasteiger partial charge is 0.458 e. The predicted molar refractivity (Wildman–Crippen MR) is 269 cm³/mol. The van der Waals surface area contributed by atoms with Crippen LogP contribution in [0.25, 0.3) is 6.08 Å². The van der Waals surface area contributed by atoms with Gasteiger partial charge in [-0.1, -0.05) is 118 Å². The van der Waals surface area contributed by atoms with Gasteiger partial charge in [0.15, 0.2) is 22.4 Å². The van der Waals surface area contributed by atoms with Gasteiger partial charge < -0.3 is 18.3 Å². The summed E-state index contributed by atoms with van der Waals surface area (Å²) in [6, 6.07) is 15.6. The Balaban J connectivity index is 1.75. The van der Waals surface area contributed by atoms with Crippen LogP contribution in [0, 0.1) is 24.2 Å². The molecule has 0 bridgehead atoms. The smallest absolute Gasteiger partial charge is 0.338 e. The Morgan fingerprint density at radius 3 is 2.02 bits per heavy atom. The first-order valence-corrected chi connectivity index (χ1v) is 30.0. The maximum atomic E-state index is 15.1. The molecule has 0 saturated carbocycles. The fourth-order valence-corrected chi connectivity index (χ4v) is 11.1. The summed E-state index contributed by atoms with van der Waals surface area (Å²) in [6.45, 7) is 33.8. The van der Waals surface area contributed by atoms with Crippen molar-refractivity contribution in [2.75, 3.05) is 6.61 Å². The standard InChI is InChI=1S/C53H77NO8SSi2/c1-35-21-20-22-39(33-59-50(58)42-28-26-41(27-29-42)47(56)40-23-18-17-19-24-40)25-30-44(36(2)31-43-34-63-38(4)54-43)60-46(55)32-45(61-64(13,14)51(5,6)7)53(11,12)49(57)37(3)48(35)62-65(15,16)52(8,9)10/h17-19,23-29,31,34-35,37,44-45,48H,20-22,30,32-33H2,1-16H3/b36-31+,39-25+/t35-,37+,44-,45-,48-/m0/s1. The molecule has 0 unspecified atom stereocenters. The van der Waals surface area contributed by atoms with E-state index in [1.807, 2.05) is 70.3 Å². The van der Waals surface area contributed by atoms with Crippen LogP contribution in [0.4, 0.5) is 0 Å². The zero-order chi connectivity index (χ0) is 48.7. The molecule has 12 heteroatoms. The van der Waals surface area contributed by atoms with Gasteiger partial charge in [0.05, 0.1) is 34.9 Å². The van der Waals surface area contributed by atoms with E-state index in [-0.39, 0.29) is 46.7 Å². The van der Waals surface area contributed by atoms with Gasteiger partial charge in [-0.2, -0.15) is 0 Å². The highest BCUT2D eigenvalue weighted by Gasteiger charge is 2.50. The molecule has 65 heavy (non-hydrogen) atoms. The van der Waals surface area contributed by atoms with Gasteiger partial charge in [0.1, 0.15) is 18.5 Å². The van der Waals surface area contributed by atoms with Crippen molar-refractivity contribution in [1.29, 1.82) is 0 Å². The second kappa shape index (κ2) is 21.9. The fourth-order valence-electron chi connectivity index (χ4n) is 7.63. The lowest BCUT2D eigenvalue weighted by Crippen LogP contribution is -2.54. The average molecular weight is 944 g/mol. The molecule has 2 aromatic carbocycles. The number of nitrogens with zero attached hydrogens (tertiary/aromatic N) is 1. The number of rotatable bonds is 11. The van der Waals surface area contributed by atoms with Crippen molar-refractivity contribution < 1.29 is 37.5 Å². The molecule has 0 N–H and O–H groups in total. The Morgan fingerprint density at radius 2 is 1.45 bits per heavy atom. The highest BCUT2D eigenvalue weighted by Crippen LogP contribution is 2.44. The minimum Gasteiger partial charge on any atom is -0.458 e. The van der Waals surface area contributed by atoms with Crippen molar-refractivity contribution >= 4 is 57.6 Å². The molecule has 0 radical (unpaired) electrons. The van der Waals surface area contributed by atoms with E-state index in [4.69, 9.17) is 18.3 Å². The van der Waals surface area contributed by atoms with Crippen molar-refractivity contribution in [3.05, 3.63) is 105 Å². The molecule has 1 aliphatic rings. The van der Waals surface area contributed by atoms with Crippen LogP contribution in [-0.4, -0.2) is 70.0 Å². The maximum absolute atomic E-state index is 15.1. The number of benzene rings is 2. The molecule has 0 aliphatic carbocycles. The van der Waals surface area contributed by atoms with Crippen LogP contribution in [0.5, 0.6) is 0 Å². The number of ketones is 2. The number of carbonyl (C=O) groups is 4. The summed E-state index contributed by atoms with van der Waals surface area (Å²) >= 11 is 1.55. The predicted octanol–water partition coefficient (Wildman–Crippen LogP) is 13.4. The topological polar surface area (TPSA) is 118 Å². The molecule has 0 fully saturated rings. The molecule has 356 valence electrons. The molecular formula is C53H77NO8SSi2. The average Bonchev–Trinajstić information content (AvgIpc) is 3.64. The van der Waals surface area contributed by atoms with E-state index in [0.717, 1.165) is 34.7 Å². The first kappa shape index (κ1) is 53.8. The highest BCUT2D eigenvalue weighted by molar-refractivity contribution is 7.09. The van der Waals surface area contributed by atoms with E-state index >= 15 is 4.79 Å². The van der Waals surface area contributed by atoms with Crippen LogP contribution >= 0.6 is 11.3 Å². The number of ether oxygens (including phenoxy) is 2. The van der Waals surface area contributed by atoms with E-state index in [0.29, 0.717) is 29.5 Å². The lowest BCUT2D eigenvalue weighted by Gasteiger charge is -2.46. The van der Waals surface area contributed by atoms with Crippen molar-refractivity contribution in [2.24, 2.45) is 17.3 Å². The molecule has 1 aromatic heterocycles. The number of hydrogen-bond donors (Lipinski definition) is 0. The molecule has 5 atom stereocenters. The van der Waals surface area contributed by atoms with E-state index in [2.05, 4.69) is 79.6 Å². The van der Waals surface area contributed by atoms with E-state index < -0.39 is 52.1 Å². The van der Waals surface area contributed by atoms with Crippen LogP contribution in [0.3, 0.4) is 0 Å². The SMILES string of the molecule is C/C(=C\c1csc(C)n1)[C@@H]1C/C=C(/COC(=O)c2ccc(C(=O)c3ccccc3)cc2)CCC[C@H](C)[C@H](O[Si](C)(C)C(C)(C)C)[C@@H](C)C(=O)C(C)(C)[C@@H](O[Si](C)(C)C(C)(C)C)CC(=O)O1. The van der Waals surface area contributed by atoms with E-state index in [9.17, 15) is 14.4 Å². The number of aryl methyl sites for hydroxylation is 1. The van der Waals surface area contributed by atoms with Crippen LogP contribution in [0.1, 0.15) is 145 Å². The molecule has 1 aliphatic heterocycles. The Bertz CT molecular complexity index is 2180.